The Balaban J connectivity index is 1.60. The maximum absolute atomic E-state index is 13.9. The van der Waals surface area contributed by atoms with Crippen LogP contribution in [0.5, 0.6) is 0 Å². The van der Waals surface area contributed by atoms with Crippen LogP contribution >= 0.6 is 35.0 Å². The van der Waals surface area contributed by atoms with E-state index in [0.29, 0.717) is 28.0 Å². The van der Waals surface area contributed by atoms with Crippen LogP contribution in [0, 0.1) is 6.92 Å². The smallest absolute Gasteiger partial charge is 0.264 e. The fourth-order valence-electron chi connectivity index (χ4n) is 3.74. The van der Waals surface area contributed by atoms with Crippen LogP contribution in [0.3, 0.4) is 0 Å². The minimum atomic E-state index is -3.99. The van der Waals surface area contributed by atoms with Crippen LogP contribution in [0.4, 0.5) is 5.69 Å². The van der Waals surface area contributed by atoms with Gasteiger partial charge in [0.15, 0.2) is 0 Å². The molecule has 0 unspecified atom stereocenters. The minimum Gasteiger partial charge on any atom is -0.351 e. The van der Waals surface area contributed by atoms with Gasteiger partial charge in [-0.1, -0.05) is 65.2 Å². The van der Waals surface area contributed by atoms with E-state index in [-0.39, 0.29) is 22.9 Å². The van der Waals surface area contributed by atoms with Gasteiger partial charge < -0.3 is 5.32 Å². The summed E-state index contributed by atoms with van der Waals surface area (Å²) in [6, 6.07) is 27.9. The van der Waals surface area contributed by atoms with Crippen LogP contribution in [0.1, 0.15) is 21.5 Å². The molecule has 5 nitrogen and oxygen atoms in total. The van der Waals surface area contributed by atoms with Gasteiger partial charge in [0.25, 0.3) is 15.9 Å². The van der Waals surface area contributed by atoms with E-state index in [4.69, 9.17) is 23.2 Å². The number of thioether (sulfide) groups is 1. The van der Waals surface area contributed by atoms with E-state index in [1.165, 1.54) is 4.31 Å². The highest BCUT2D eigenvalue weighted by atomic mass is 35.5. The molecular formula is C29H26Cl2N2O3S2. The first kappa shape index (κ1) is 28.0. The molecule has 0 saturated carbocycles. The number of nitrogens with zero attached hydrogens (tertiary/aromatic N) is 1. The van der Waals surface area contributed by atoms with Gasteiger partial charge >= 0.3 is 0 Å². The lowest BCUT2D eigenvalue weighted by atomic mass is 10.1. The van der Waals surface area contributed by atoms with Gasteiger partial charge in [0.2, 0.25) is 0 Å². The predicted octanol–water partition coefficient (Wildman–Crippen LogP) is 7.22. The number of carbonyl (C=O) groups excluding carboxylic acids is 1. The SMILES string of the molecule is Cc1ccc(S(=O)(=O)N(Cc2ccc(Cl)cc2)c2ccccc2C(=O)NCCSc2ccc(Cl)cc2)cc1. The van der Waals surface area contributed by atoms with E-state index in [2.05, 4.69) is 5.32 Å². The highest BCUT2D eigenvalue weighted by Crippen LogP contribution is 2.30. The van der Waals surface area contributed by atoms with Crippen molar-refractivity contribution in [3.8, 4) is 0 Å². The molecule has 196 valence electrons. The fraction of sp³-hybridized carbons (Fsp3) is 0.138. The second-order valence-electron chi connectivity index (χ2n) is 8.53. The zero-order valence-corrected chi connectivity index (χ0v) is 23.7. The van der Waals surface area contributed by atoms with Crippen LogP contribution < -0.4 is 9.62 Å². The van der Waals surface area contributed by atoms with E-state index >= 15 is 0 Å². The van der Waals surface area contributed by atoms with Gasteiger partial charge in [-0.3, -0.25) is 9.10 Å². The molecule has 4 rings (SSSR count). The fourth-order valence-corrected chi connectivity index (χ4v) is 6.23. The van der Waals surface area contributed by atoms with E-state index in [0.717, 1.165) is 16.0 Å². The van der Waals surface area contributed by atoms with E-state index in [9.17, 15) is 13.2 Å². The molecule has 0 aliphatic rings. The topological polar surface area (TPSA) is 66.5 Å². The summed E-state index contributed by atoms with van der Waals surface area (Å²) < 4.78 is 29.0. The number of halogens is 2. The normalized spacial score (nSPS) is 11.2. The molecule has 0 atom stereocenters. The van der Waals surface area contributed by atoms with Crippen molar-refractivity contribution in [2.24, 2.45) is 0 Å². The Bertz CT molecular complexity index is 1490. The second-order valence-corrected chi connectivity index (χ2v) is 12.4. The third-order valence-electron chi connectivity index (χ3n) is 5.74. The molecule has 9 heteroatoms. The van der Waals surface area contributed by atoms with Crippen molar-refractivity contribution >= 4 is 56.6 Å². The molecular weight excluding hydrogens is 559 g/mol. The predicted molar refractivity (Wildman–Crippen MR) is 157 cm³/mol. The first-order valence-corrected chi connectivity index (χ1v) is 15.0. The number of amides is 1. The number of aryl methyl sites for hydroxylation is 1. The maximum Gasteiger partial charge on any atom is 0.264 e. The van der Waals surface area contributed by atoms with Crippen molar-refractivity contribution in [1.29, 1.82) is 0 Å². The third-order valence-corrected chi connectivity index (χ3v) is 9.03. The second kappa shape index (κ2) is 12.7. The standard InChI is InChI=1S/C29H26Cl2N2O3S2/c1-21-6-16-26(17-7-21)38(35,36)33(20-22-8-10-23(30)11-9-22)28-5-3-2-4-27(28)29(34)32-18-19-37-25-14-12-24(31)13-15-25/h2-17H,18-20H2,1H3,(H,32,34). The maximum atomic E-state index is 13.9. The van der Waals surface area contributed by atoms with Crippen molar-refractivity contribution in [3.63, 3.8) is 0 Å². The molecule has 0 heterocycles. The minimum absolute atomic E-state index is 0.0318. The first-order valence-electron chi connectivity index (χ1n) is 11.8. The highest BCUT2D eigenvalue weighted by Gasteiger charge is 2.28. The van der Waals surface area contributed by atoms with Gasteiger partial charge in [-0.05, 0) is 73.2 Å². The lowest BCUT2D eigenvalue weighted by Gasteiger charge is -2.27. The molecule has 0 spiro atoms. The average Bonchev–Trinajstić information content (AvgIpc) is 2.92. The van der Waals surface area contributed by atoms with Crippen molar-refractivity contribution in [3.05, 3.63) is 124 Å². The zero-order valence-electron chi connectivity index (χ0n) is 20.6. The first-order chi connectivity index (χ1) is 18.2. The van der Waals surface area contributed by atoms with Crippen molar-refractivity contribution in [2.45, 2.75) is 23.3 Å². The number of hydrogen-bond donors (Lipinski definition) is 1. The number of sulfonamides is 1. The summed E-state index contributed by atoms with van der Waals surface area (Å²) in [5.41, 5.74) is 2.25. The largest absolute Gasteiger partial charge is 0.351 e. The molecule has 0 saturated heterocycles. The Labute approximate surface area is 237 Å². The number of para-hydroxylation sites is 1. The summed E-state index contributed by atoms with van der Waals surface area (Å²) in [6.45, 7) is 2.33. The van der Waals surface area contributed by atoms with Gasteiger partial charge in [-0.15, -0.1) is 11.8 Å². The molecule has 0 aliphatic heterocycles. The quantitative estimate of drug-likeness (QED) is 0.158. The highest BCUT2D eigenvalue weighted by molar-refractivity contribution is 7.99. The van der Waals surface area contributed by atoms with Crippen LogP contribution in [0.2, 0.25) is 10.0 Å². The lowest BCUT2D eigenvalue weighted by Crippen LogP contribution is -2.34. The van der Waals surface area contributed by atoms with Crippen LogP contribution in [-0.2, 0) is 16.6 Å². The number of hydrogen-bond acceptors (Lipinski definition) is 4. The van der Waals surface area contributed by atoms with Crippen LogP contribution in [0.25, 0.3) is 0 Å². The average molecular weight is 586 g/mol. The summed E-state index contributed by atoms with van der Waals surface area (Å²) in [5.74, 6) is 0.295. The molecule has 0 bridgehead atoms. The number of nitrogens with one attached hydrogen (secondary N) is 1. The van der Waals surface area contributed by atoms with Crippen molar-refractivity contribution in [2.75, 3.05) is 16.6 Å². The summed E-state index contributed by atoms with van der Waals surface area (Å²) in [7, 11) is -3.99. The van der Waals surface area contributed by atoms with Gasteiger partial charge in [0.1, 0.15) is 0 Å². The Morgan fingerprint density at radius 3 is 2.11 bits per heavy atom. The molecule has 1 amide bonds. The molecule has 0 aromatic heterocycles. The monoisotopic (exact) mass is 584 g/mol. The molecule has 4 aromatic rings. The molecule has 1 N–H and O–H groups in total. The summed E-state index contributed by atoms with van der Waals surface area (Å²) in [4.78, 5) is 14.4. The van der Waals surface area contributed by atoms with E-state index in [1.807, 2.05) is 31.2 Å². The molecule has 0 fully saturated rings. The number of rotatable bonds is 10. The molecule has 4 aromatic carbocycles. The molecule has 0 aliphatic carbocycles. The number of anilines is 1. The van der Waals surface area contributed by atoms with Crippen molar-refractivity contribution < 1.29 is 13.2 Å². The van der Waals surface area contributed by atoms with Gasteiger partial charge in [-0.2, -0.15) is 0 Å². The Morgan fingerprint density at radius 2 is 1.45 bits per heavy atom. The Hall–Kier alpha value is -2.97. The summed E-state index contributed by atoms with van der Waals surface area (Å²) >= 11 is 13.6. The zero-order chi connectivity index (χ0) is 27.1. The number of benzene rings is 4. The van der Waals surface area contributed by atoms with Crippen molar-refractivity contribution in [1.82, 2.24) is 5.32 Å². The van der Waals surface area contributed by atoms with Crippen LogP contribution in [-0.4, -0.2) is 26.6 Å². The lowest BCUT2D eigenvalue weighted by molar-refractivity contribution is 0.0957. The van der Waals surface area contributed by atoms with Gasteiger partial charge in [0.05, 0.1) is 22.7 Å². The summed E-state index contributed by atoms with van der Waals surface area (Å²) in [5, 5.41) is 4.14. The van der Waals surface area contributed by atoms with Crippen LogP contribution in [0.15, 0.2) is 107 Å². The Morgan fingerprint density at radius 1 is 0.842 bits per heavy atom. The third kappa shape index (κ3) is 7.11. The molecule has 0 radical (unpaired) electrons. The molecule has 38 heavy (non-hydrogen) atoms. The van der Waals surface area contributed by atoms with Gasteiger partial charge in [-0.25, -0.2) is 8.42 Å². The Kier molecular flexibility index (Phi) is 9.39. The summed E-state index contributed by atoms with van der Waals surface area (Å²) in [6.07, 6.45) is 0. The van der Waals surface area contributed by atoms with Gasteiger partial charge in [0, 0.05) is 27.2 Å². The number of carbonyl (C=O) groups is 1. The van der Waals surface area contributed by atoms with E-state index in [1.54, 1.807) is 84.6 Å². The van der Waals surface area contributed by atoms with E-state index < -0.39 is 10.0 Å².